The molecule has 0 unspecified atom stereocenters. The first kappa shape index (κ1) is 18.5. The Morgan fingerprint density at radius 1 is 1.24 bits per heavy atom. The van der Waals surface area contributed by atoms with E-state index in [0.29, 0.717) is 5.02 Å². The highest BCUT2D eigenvalue weighted by molar-refractivity contribution is 6.36. The number of nitro benzene ring substituents is 1. The van der Waals surface area contributed by atoms with Gasteiger partial charge in [-0.05, 0) is 24.3 Å². The van der Waals surface area contributed by atoms with E-state index >= 15 is 0 Å². The molecular weight excluding hydrogens is 373 g/mol. The van der Waals surface area contributed by atoms with Crippen molar-refractivity contribution in [3.8, 4) is 5.75 Å². The second-order valence-electron chi connectivity index (χ2n) is 4.74. The fraction of sp³-hybridized carbons (Fsp3) is 0.0667. The molecule has 2 rings (SSSR count). The van der Waals surface area contributed by atoms with Crippen LogP contribution in [0.2, 0.25) is 10.0 Å². The second-order valence-corrected chi connectivity index (χ2v) is 5.58. The largest absolute Gasteiger partial charge is 0.476 e. The van der Waals surface area contributed by atoms with Gasteiger partial charge in [-0.1, -0.05) is 29.3 Å². The average Bonchev–Trinajstić information content (AvgIpc) is 2.55. The summed E-state index contributed by atoms with van der Waals surface area (Å²) in [6, 6.07) is 8.14. The van der Waals surface area contributed by atoms with Crippen molar-refractivity contribution in [2.24, 2.45) is 5.73 Å². The van der Waals surface area contributed by atoms with Crippen molar-refractivity contribution in [2.75, 3.05) is 11.9 Å². The molecule has 0 radical (unpaired) electrons. The molecule has 0 atom stereocenters. The molecule has 0 aliphatic carbocycles. The lowest BCUT2D eigenvalue weighted by Gasteiger charge is -2.11. The molecule has 3 N–H and O–H groups in total. The van der Waals surface area contributed by atoms with Gasteiger partial charge in [0, 0.05) is 11.1 Å². The number of carbonyl (C=O) groups excluding carboxylic acids is 2. The van der Waals surface area contributed by atoms with Crippen molar-refractivity contribution in [1.82, 2.24) is 0 Å². The molecular formula is C15H11Cl2N3O5. The Balaban J connectivity index is 2.16. The molecule has 0 saturated carbocycles. The van der Waals surface area contributed by atoms with Crippen LogP contribution < -0.4 is 15.8 Å². The standard InChI is InChI=1S/C15H11Cl2N3O5/c16-8-4-5-11(10(17)6-8)19-13(21)7-25-14-9(15(18)22)2-1-3-12(14)20(23)24/h1-6H,7H2,(H2,18,22)(H,19,21). The summed E-state index contributed by atoms with van der Waals surface area (Å²) in [5.74, 6) is -1.94. The van der Waals surface area contributed by atoms with Gasteiger partial charge in [0.2, 0.25) is 5.75 Å². The Morgan fingerprint density at radius 3 is 2.56 bits per heavy atom. The van der Waals surface area contributed by atoms with Gasteiger partial charge in [0.15, 0.2) is 6.61 Å². The number of amides is 2. The van der Waals surface area contributed by atoms with E-state index in [-0.39, 0.29) is 22.0 Å². The van der Waals surface area contributed by atoms with Crippen molar-refractivity contribution in [2.45, 2.75) is 0 Å². The highest BCUT2D eigenvalue weighted by atomic mass is 35.5. The molecule has 0 fully saturated rings. The third kappa shape index (κ3) is 4.59. The van der Waals surface area contributed by atoms with Gasteiger partial charge in [-0.2, -0.15) is 0 Å². The number of nitrogens with one attached hydrogen (secondary N) is 1. The molecule has 2 aromatic rings. The summed E-state index contributed by atoms with van der Waals surface area (Å²) in [5.41, 5.74) is 4.78. The number of nitrogens with zero attached hydrogens (tertiary/aromatic N) is 1. The molecule has 130 valence electrons. The van der Waals surface area contributed by atoms with E-state index in [0.717, 1.165) is 6.07 Å². The van der Waals surface area contributed by atoms with Gasteiger partial charge >= 0.3 is 5.69 Å². The Labute approximate surface area is 151 Å². The number of halogens is 2. The Bertz CT molecular complexity index is 825. The molecule has 2 aromatic carbocycles. The third-order valence-electron chi connectivity index (χ3n) is 3.01. The van der Waals surface area contributed by atoms with Crippen molar-refractivity contribution in [3.05, 3.63) is 62.1 Å². The highest BCUT2D eigenvalue weighted by Gasteiger charge is 2.22. The van der Waals surface area contributed by atoms with Crippen molar-refractivity contribution >= 4 is 46.4 Å². The first-order valence-corrected chi connectivity index (χ1v) is 7.50. The number of para-hydroxylation sites is 1. The van der Waals surface area contributed by atoms with Crippen LogP contribution in [0.5, 0.6) is 5.75 Å². The summed E-state index contributed by atoms with van der Waals surface area (Å²) in [6.45, 7) is -0.593. The predicted octanol–water partition coefficient (Wildman–Crippen LogP) is 3.02. The van der Waals surface area contributed by atoms with Gasteiger partial charge in [-0.3, -0.25) is 19.7 Å². The maximum atomic E-state index is 12.0. The van der Waals surface area contributed by atoms with E-state index in [1.165, 1.54) is 30.3 Å². The lowest BCUT2D eigenvalue weighted by atomic mass is 10.1. The minimum atomic E-state index is -0.917. The van der Waals surface area contributed by atoms with Crippen molar-refractivity contribution in [1.29, 1.82) is 0 Å². The number of nitro groups is 1. The van der Waals surface area contributed by atoms with E-state index in [2.05, 4.69) is 5.32 Å². The first-order valence-electron chi connectivity index (χ1n) is 6.74. The molecule has 0 saturated heterocycles. The molecule has 0 heterocycles. The number of hydrogen-bond donors (Lipinski definition) is 2. The van der Waals surface area contributed by atoms with Gasteiger partial charge < -0.3 is 15.8 Å². The zero-order valence-corrected chi connectivity index (χ0v) is 14.0. The maximum absolute atomic E-state index is 12.0. The fourth-order valence-corrected chi connectivity index (χ4v) is 2.38. The Hall–Kier alpha value is -2.84. The van der Waals surface area contributed by atoms with Crippen LogP contribution in [0, 0.1) is 10.1 Å². The summed E-state index contributed by atoms with van der Waals surface area (Å²) in [7, 11) is 0. The number of anilines is 1. The Kier molecular flexibility index (Phi) is 5.79. The minimum Gasteiger partial charge on any atom is -0.476 e. The van der Waals surface area contributed by atoms with Gasteiger partial charge in [0.1, 0.15) is 0 Å². The molecule has 10 heteroatoms. The molecule has 0 bridgehead atoms. The fourth-order valence-electron chi connectivity index (χ4n) is 1.93. The van der Waals surface area contributed by atoms with Crippen LogP contribution in [0.3, 0.4) is 0 Å². The minimum absolute atomic E-state index is 0.202. The molecule has 2 amide bonds. The molecule has 0 aliphatic heterocycles. The molecule has 0 aromatic heterocycles. The number of ether oxygens (including phenoxy) is 1. The van der Waals surface area contributed by atoms with Gasteiger partial charge in [0.05, 0.1) is 21.2 Å². The zero-order valence-electron chi connectivity index (χ0n) is 12.5. The lowest BCUT2D eigenvalue weighted by Crippen LogP contribution is -2.22. The van der Waals surface area contributed by atoms with Crippen LogP contribution >= 0.6 is 23.2 Å². The number of rotatable bonds is 6. The highest BCUT2D eigenvalue weighted by Crippen LogP contribution is 2.31. The number of nitrogens with two attached hydrogens (primary N) is 1. The average molecular weight is 384 g/mol. The summed E-state index contributed by atoms with van der Waals surface area (Å²) in [4.78, 5) is 33.7. The number of primary amides is 1. The van der Waals surface area contributed by atoms with Crippen LogP contribution in [0.25, 0.3) is 0 Å². The Morgan fingerprint density at radius 2 is 1.96 bits per heavy atom. The summed E-state index contributed by atoms with van der Waals surface area (Å²) in [6.07, 6.45) is 0. The summed E-state index contributed by atoms with van der Waals surface area (Å²) >= 11 is 11.7. The van der Waals surface area contributed by atoms with E-state index in [9.17, 15) is 19.7 Å². The van der Waals surface area contributed by atoms with Gasteiger partial charge in [-0.15, -0.1) is 0 Å². The molecule has 8 nitrogen and oxygen atoms in total. The second kappa shape index (κ2) is 7.82. The maximum Gasteiger partial charge on any atom is 0.311 e. The van der Waals surface area contributed by atoms with Crippen LogP contribution in [0.1, 0.15) is 10.4 Å². The SMILES string of the molecule is NC(=O)c1cccc([N+](=O)[O-])c1OCC(=O)Nc1ccc(Cl)cc1Cl. The molecule has 25 heavy (non-hydrogen) atoms. The smallest absolute Gasteiger partial charge is 0.311 e. The van der Waals surface area contributed by atoms with Gasteiger partial charge in [0.25, 0.3) is 11.8 Å². The van der Waals surface area contributed by atoms with Crippen LogP contribution in [0.4, 0.5) is 11.4 Å². The topological polar surface area (TPSA) is 125 Å². The quantitative estimate of drug-likeness (QED) is 0.585. The third-order valence-corrected chi connectivity index (χ3v) is 3.56. The number of carbonyl (C=O) groups is 2. The van der Waals surface area contributed by atoms with Crippen molar-refractivity contribution in [3.63, 3.8) is 0 Å². The zero-order chi connectivity index (χ0) is 18.6. The van der Waals surface area contributed by atoms with Gasteiger partial charge in [-0.25, -0.2) is 0 Å². The number of benzene rings is 2. The van der Waals surface area contributed by atoms with Crippen LogP contribution in [-0.2, 0) is 4.79 Å². The predicted molar refractivity (Wildman–Crippen MR) is 92.2 cm³/mol. The van der Waals surface area contributed by atoms with Crippen LogP contribution in [0.15, 0.2) is 36.4 Å². The van der Waals surface area contributed by atoms with Crippen molar-refractivity contribution < 1.29 is 19.2 Å². The van der Waals surface area contributed by atoms with E-state index in [1.54, 1.807) is 0 Å². The number of hydrogen-bond acceptors (Lipinski definition) is 5. The normalized spacial score (nSPS) is 10.2. The molecule has 0 aliphatic rings. The monoisotopic (exact) mass is 383 g/mol. The summed E-state index contributed by atoms with van der Waals surface area (Å²) < 4.78 is 5.16. The van der Waals surface area contributed by atoms with Crippen LogP contribution in [-0.4, -0.2) is 23.3 Å². The van der Waals surface area contributed by atoms with E-state index < -0.39 is 29.0 Å². The van der Waals surface area contributed by atoms with E-state index in [1.807, 2.05) is 0 Å². The first-order chi connectivity index (χ1) is 11.8. The van der Waals surface area contributed by atoms with E-state index in [4.69, 9.17) is 33.7 Å². The lowest BCUT2D eigenvalue weighted by molar-refractivity contribution is -0.385. The molecule has 0 spiro atoms. The summed E-state index contributed by atoms with van der Waals surface area (Å²) in [5, 5.41) is 14.1.